The summed E-state index contributed by atoms with van der Waals surface area (Å²) in [4.78, 5) is 25.5. The second-order valence-corrected chi connectivity index (χ2v) is 6.57. The van der Waals surface area contributed by atoms with E-state index >= 15 is 0 Å². The number of carbonyl (C=O) groups excluding carboxylic acids is 2. The van der Waals surface area contributed by atoms with Gasteiger partial charge < -0.3 is 20.1 Å². The van der Waals surface area contributed by atoms with Crippen LogP contribution >= 0.6 is 0 Å². The van der Waals surface area contributed by atoms with Crippen LogP contribution in [0, 0.1) is 5.41 Å². The molecule has 1 heterocycles. The number of fused-ring (bicyclic) bond motifs is 1. The Kier molecular flexibility index (Phi) is 4.03. The Labute approximate surface area is 151 Å². The van der Waals surface area contributed by atoms with Gasteiger partial charge in [-0.15, -0.1) is 0 Å². The van der Waals surface area contributed by atoms with E-state index in [4.69, 9.17) is 9.47 Å². The van der Waals surface area contributed by atoms with Gasteiger partial charge in [0.1, 0.15) is 5.41 Å². The number of hydrogen-bond acceptors (Lipinski definition) is 4. The average molecular weight is 352 g/mol. The number of nitrogens with one attached hydrogen (secondary N) is 2. The first kappa shape index (κ1) is 16.4. The highest BCUT2D eigenvalue weighted by atomic mass is 16.7. The summed E-state index contributed by atoms with van der Waals surface area (Å²) >= 11 is 0. The number of aryl methyl sites for hydroxylation is 1. The molecule has 2 aliphatic rings. The van der Waals surface area contributed by atoms with Gasteiger partial charge in [0.25, 0.3) is 0 Å². The first-order chi connectivity index (χ1) is 12.6. The van der Waals surface area contributed by atoms with Crippen LogP contribution in [-0.2, 0) is 16.0 Å². The van der Waals surface area contributed by atoms with E-state index in [1.807, 2.05) is 31.2 Å². The topological polar surface area (TPSA) is 76.7 Å². The zero-order valence-electron chi connectivity index (χ0n) is 14.5. The minimum Gasteiger partial charge on any atom is -0.454 e. The van der Waals surface area contributed by atoms with E-state index in [1.165, 1.54) is 0 Å². The molecule has 0 bridgehead atoms. The highest BCUT2D eigenvalue weighted by Crippen LogP contribution is 2.48. The van der Waals surface area contributed by atoms with Gasteiger partial charge >= 0.3 is 0 Å². The Bertz CT molecular complexity index is 874. The molecule has 4 rings (SSSR count). The summed E-state index contributed by atoms with van der Waals surface area (Å²) in [6, 6.07) is 12.8. The van der Waals surface area contributed by atoms with Crippen molar-refractivity contribution >= 4 is 23.2 Å². The Morgan fingerprint density at radius 3 is 2.50 bits per heavy atom. The van der Waals surface area contributed by atoms with Gasteiger partial charge in [-0.3, -0.25) is 9.59 Å². The van der Waals surface area contributed by atoms with E-state index in [2.05, 4.69) is 10.6 Å². The van der Waals surface area contributed by atoms with Crippen LogP contribution in [-0.4, -0.2) is 18.6 Å². The molecule has 0 atom stereocenters. The van der Waals surface area contributed by atoms with Crippen LogP contribution in [0.4, 0.5) is 11.4 Å². The van der Waals surface area contributed by atoms with Gasteiger partial charge in [0.05, 0.1) is 0 Å². The van der Waals surface area contributed by atoms with E-state index in [0.717, 1.165) is 17.7 Å². The Hall–Kier alpha value is -3.02. The maximum absolute atomic E-state index is 12.8. The minimum absolute atomic E-state index is 0.177. The number of benzene rings is 2. The van der Waals surface area contributed by atoms with Crippen molar-refractivity contribution in [1.29, 1.82) is 0 Å². The molecule has 1 fully saturated rings. The molecule has 2 aromatic carbocycles. The number of para-hydroxylation sites is 1. The second kappa shape index (κ2) is 6.37. The first-order valence-corrected chi connectivity index (χ1v) is 8.73. The summed E-state index contributed by atoms with van der Waals surface area (Å²) in [5.41, 5.74) is 1.40. The lowest BCUT2D eigenvalue weighted by atomic mass is 10.0. The van der Waals surface area contributed by atoms with Crippen LogP contribution < -0.4 is 20.1 Å². The molecule has 0 spiro atoms. The lowest BCUT2D eigenvalue weighted by Crippen LogP contribution is -2.35. The van der Waals surface area contributed by atoms with Crippen molar-refractivity contribution in [1.82, 2.24) is 0 Å². The predicted molar refractivity (Wildman–Crippen MR) is 97.3 cm³/mol. The van der Waals surface area contributed by atoms with Gasteiger partial charge in [0.2, 0.25) is 18.6 Å². The van der Waals surface area contributed by atoms with Crippen LogP contribution in [0.5, 0.6) is 11.5 Å². The third-order valence-electron chi connectivity index (χ3n) is 4.90. The summed E-state index contributed by atoms with van der Waals surface area (Å²) < 4.78 is 10.6. The summed E-state index contributed by atoms with van der Waals surface area (Å²) in [6.45, 7) is 2.21. The number of rotatable bonds is 5. The van der Waals surface area contributed by atoms with Crippen LogP contribution in [0.15, 0.2) is 42.5 Å². The average Bonchev–Trinajstić information content (AvgIpc) is 3.34. The van der Waals surface area contributed by atoms with Crippen molar-refractivity contribution in [2.45, 2.75) is 26.2 Å². The summed E-state index contributed by atoms with van der Waals surface area (Å²) in [7, 11) is 0. The maximum Gasteiger partial charge on any atom is 0.240 e. The van der Waals surface area contributed by atoms with Crippen molar-refractivity contribution in [3.8, 4) is 11.5 Å². The molecule has 6 heteroatoms. The lowest BCUT2D eigenvalue weighted by molar-refractivity contribution is -0.131. The van der Waals surface area contributed by atoms with E-state index in [0.29, 0.717) is 30.0 Å². The van der Waals surface area contributed by atoms with Crippen LogP contribution in [0.3, 0.4) is 0 Å². The number of carbonyl (C=O) groups is 2. The molecule has 2 amide bonds. The molecule has 1 saturated carbocycles. The standard InChI is InChI=1S/C20H20N2O4/c1-2-13-5-3-4-6-15(13)22-19(24)20(9-10-20)18(23)21-14-7-8-16-17(11-14)26-12-25-16/h3-8,11H,2,9-10,12H2,1H3,(H,21,23)(H,22,24). The van der Waals surface area contributed by atoms with Crippen molar-refractivity contribution in [2.75, 3.05) is 17.4 Å². The molecule has 134 valence electrons. The molecule has 2 aromatic rings. The summed E-state index contributed by atoms with van der Waals surface area (Å²) in [5, 5.41) is 5.76. The fourth-order valence-corrected chi connectivity index (χ4v) is 3.10. The van der Waals surface area contributed by atoms with Crippen molar-refractivity contribution in [3.05, 3.63) is 48.0 Å². The molecule has 0 unspecified atom stereocenters. The van der Waals surface area contributed by atoms with Gasteiger partial charge in [-0.05, 0) is 43.0 Å². The molecule has 0 aromatic heterocycles. The molecule has 2 N–H and O–H groups in total. The molecule has 6 nitrogen and oxygen atoms in total. The summed E-state index contributed by atoms with van der Waals surface area (Å²) in [5.74, 6) is 0.700. The lowest BCUT2D eigenvalue weighted by Gasteiger charge is -2.17. The molecule has 1 aliphatic carbocycles. The van der Waals surface area contributed by atoms with Crippen molar-refractivity contribution < 1.29 is 19.1 Å². The van der Waals surface area contributed by atoms with Gasteiger partial charge in [0.15, 0.2) is 11.5 Å². The van der Waals surface area contributed by atoms with Crippen molar-refractivity contribution in [2.24, 2.45) is 5.41 Å². The monoisotopic (exact) mass is 352 g/mol. The predicted octanol–water partition coefficient (Wildman–Crippen LogP) is 3.34. The normalized spacial score (nSPS) is 16.0. The number of ether oxygens (including phenoxy) is 2. The zero-order valence-corrected chi connectivity index (χ0v) is 14.5. The van der Waals surface area contributed by atoms with Crippen LogP contribution in [0.2, 0.25) is 0 Å². The highest BCUT2D eigenvalue weighted by Gasteiger charge is 2.56. The number of amides is 2. The van der Waals surface area contributed by atoms with Gasteiger partial charge in [-0.2, -0.15) is 0 Å². The second-order valence-electron chi connectivity index (χ2n) is 6.57. The molecule has 26 heavy (non-hydrogen) atoms. The fraction of sp³-hybridized carbons (Fsp3) is 0.300. The maximum atomic E-state index is 12.8. The van der Waals surface area contributed by atoms with E-state index in [-0.39, 0.29) is 18.6 Å². The minimum atomic E-state index is -1.00. The number of hydrogen-bond donors (Lipinski definition) is 2. The molecular weight excluding hydrogens is 332 g/mol. The van der Waals surface area contributed by atoms with Gasteiger partial charge in [-0.1, -0.05) is 25.1 Å². The third kappa shape index (κ3) is 2.87. The highest BCUT2D eigenvalue weighted by molar-refractivity contribution is 6.17. The molecule has 1 aliphatic heterocycles. The largest absolute Gasteiger partial charge is 0.454 e. The molecule has 0 saturated heterocycles. The first-order valence-electron chi connectivity index (χ1n) is 8.73. The van der Waals surface area contributed by atoms with Crippen LogP contribution in [0.25, 0.3) is 0 Å². The molecular formula is C20H20N2O4. The van der Waals surface area contributed by atoms with Gasteiger partial charge in [0, 0.05) is 17.4 Å². The Morgan fingerprint density at radius 1 is 1.00 bits per heavy atom. The fourth-order valence-electron chi connectivity index (χ4n) is 3.10. The molecule has 0 radical (unpaired) electrons. The Morgan fingerprint density at radius 2 is 1.73 bits per heavy atom. The van der Waals surface area contributed by atoms with Gasteiger partial charge in [-0.25, -0.2) is 0 Å². The van der Waals surface area contributed by atoms with Crippen LogP contribution in [0.1, 0.15) is 25.3 Å². The zero-order chi connectivity index (χ0) is 18.1. The van der Waals surface area contributed by atoms with E-state index in [1.54, 1.807) is 18.2 Å². The van der Waals surface area contributed by atoms with E-state index in [9.17, 15) is 9.59 Å². The Balaban J connectivity index is 1.47. The quantitative estimate of drug-likeness (QED) is 0.809. The summed E-state index contributed by atoms with van der Waals surface area (Å²) in [6.07, 6.45) is 1.90. The van der Waals surface area contributed by atoms with E-state index < -0.39 is 5.41 Å². The SMILES string of the molecule is CCc1ccccc1NC(=O)C1(C(=O)Nc2ccc3c(c2)OCO3)CC1. The van der Waals surface area contributed by atoms with Crippen molar-refractivity contribution in [3.63, 3.8) is 0 Å². The number of anilines is 2. The smallest absolute Gasteiger partial charge is 0.240 e. The third-order valence-corrected chi connectivity index (χ3v) is 4.90.